The molecule has 1 fully saturated rings. The molecule has 0 bridgehead atoms. The zero-order valence-corrected chi connectivity index (χ0v) is 13.6. The van der Waals surface area contributed by atoms with E-state index >= 15 is 0 Å². The molecule has 25 heavy (non-hydrogen) atoms. The van der Waals surface area contributed by atoms with Crippen molar-refractivity contribution in [1.29, 1.82) is 0 Å². The molecule has 0 spiro atoms. The zero-order chi connectivity index (χ0) is 17.2. The smallest absolute Gasteiger partial charge is 0.274 e. The van der Waals surface area contributed by atoms with Crippen LogP contribution in [0.25, 0.3) is 22.3 Å². The lowest BCUT2D eigenvalue weighted by molar-refractivity contribution is 0.0706. The van der Waals surface area contributed by atoms with Gasteiger partial charge >= 0.3 is 0 Å². The van der Waals surface area contributed by atoms with Crippen LogP contribution >= 0.6 is 0 Å². The van der Waals surface area contributed by atoms with Crippen molar-refractivity contribution in [3.05, 3.63) is 54.1 Å². The van der Waals surface area contributed by atoms with Crippen LogP contribution in [0.5, 0.6) is 0 Å². The number of benzene rings is 2. The van der Waals surface area contributed by atoms with Crippen LogP contribution < -0.4 is 10.4 Å². The van der Waals surface area contributed by atoms with Gasteiger partial charge in [0.05, 0.1) is 5.52 Å². The van der Waals surface area contributed by atoms with E-state index in [1.165, 1.54) is 12.8 Å². The molecule has 0 aliphatic carbocycles. The number of carbonyl (C=O) groups excluding carboxylic acids is 1. The number of fused-ring (bicyclic) bond motifs is 1. The minimum Gasteiger partial charge on any atom is -0.356 e. The third-order valence-electron chi connectivity index (χ3n) is 4.50. The van der Waals surface area contributed by atoms with Crippen molar-refractivity contribution in [2.45, 2.75) is 12.8 Å². The van der Waals surface area contributed by atoms with Gasteiger partial charge in [0.15, 0.2) is 5.82 Å². The monoisotopic (exact) mass is 334 g/mol. The molecule has 6 nitrogen and oxygen atoms in total. The van der Waals surface area contributed by atoms with Gasteiger partial charge in [0.2, 0.25) is 0 Å². The molecular weight excluding hydrogens is 316 g/mol. The van der Waals surface area contributed by atoms with E-state index in [1.807, 2.05) is 18.2 Å². The molecule has 0 saturated carbocycles. The minimum absolute atomic E-state index is 0.381. The highest BCUT2D eigenvalue weighted by atomic mass is 16.5. The van der Waals surface area contributed by atoms with Gasteiger partial charge < -0.3 is 4.90 Å². The zero-order valence-electron chi connectivity index (χ0n) is 13.6. The highest BCUT2D eigenvalue weighted by Gasteiger charge is 2.18. The summed E-state index contributed by atoms with van der Waals surface area (Å²) in [5.41, 5.74) is 3.76. The van der Waals surface area contributed by atoms with Crippen LogP contribution in [0.3, 0.4) is 0 Å². The molecule has 4 rings (SSSR count). The quantitative estimate of drug-likeness (QED) is 0.569. The van der Waals surface area contributed by atoms with E-state index in [1.54, 1.807) is 29.7 Å². The van der Waals surface area contributed by atoms with E-state index in [0.717, 1.165) is 35.4 Å². The summed E-state index contributed by atoms with van der Waals surface area (Å²) in [7, 11) is 0. The van der Waals surface area contributed by atoms with Crippen molar-refractivity contribution in [2.24, 2.45) is 0 Å². The Labute approximate surface area is 145 Å². The minimum atomic E-state index is -0.538. The number of hydroxylamine groups is 1. The van der Waals surface area contributed by atoms with Gasteiger partial charge in [-0.2, -0.15) is 0 Å². The lowest BCUT2D eigenvalue weighted by Gasteiger charge is -2.19. The molecule has 0 radical (unpaired) electrons. The number of nitrogens with zero attached hydrogens (tertiary/aromatic N) is 3. The van der Waals surface area contributed by atoms with Crippen LogP contribution in [0.15, 0.2) is 48.5 Å². The number of carbonyl (C=O) groups is 1. The van der Waals surface area contributed by atoms with Gasteiger partial charge in [-0.25, -0.2) is 15.4 Å². The molecule has 0 atom stereocenters. The van der Waals surface area contributed by atoms with Gasteiger partial charge in [-0.1, -0.05) is 24.3 Å². The second-order valence-corrected chi connectivity index (χ2v) is 6.10. The van der Waals surface area contributed by atoms with Crippen molar-refractivity contribution >= 4 is 22.6 Å². The first-order valence-electron chi connectivity index (χ1n) is 8.33. The Morgan fingerprint density at radius 1 is 1.00 bits per heavy atom. The molecule has 1 amide bonds. The molecule has 2 N–H and O–H groups in total. The number of anilines is 1. The number of para-hydroxylation sites is 1. The van der Waals surface area contributed by atoms with E-state index in [0.29, 0.717) is 11.4 Å². The summed E-state index contributed by atoms with van der Waals surface area (Å²) in [6, 6.07) is 14.9. The van der Waals surface area contributed by atoms with E-state index in [4.69, 9.17) is 10.2 Å². The normalized spacial score (nSPS) is 14.0. The maximum Gasteiger partial charge on any atom is 0.274 e. The van der Waals surface area contributed by atoms with Crippen molar-refractivity contribution < 1.29 is 10.0 Å². The van der Waals surface area contributed by atoms with Crippen LogP contribution in [-0.2, 0) is 0 Å². The number of hydrogen-bond acceptors (Lipinski definition) is 5. The Morgan fingerprint density at radius 2 is 1.72 bits per heavy atom. The summed E-state index contributed by atoms with van der Waals surface area (Å²) in [5, 5.41) is 9.78. The predicted molar refractivity (Wildman–Crippen MR) is 95.7 cm³/mol. The molecular formula is C19H18N4O2. The Morgan fingerprint density at radius 3 is 2.44 bits per heavy atom. The first-order chi connectivity index (χ1) is 12.3. The average molecular weight is 334 g/mol. The van der Waals surface area contributed by atoms with Crippen LogP contribution in [0.2, 0.25) is 0 Å². The Kier molecular flexibility index (Phi) is 4.03. The van der Waals surface area contributed by atoms with E-state index in [2.05, 4.69) is 16.0 Å². The molecule has 1 saturated heterocycles. The first kappa shape index (κ1) is 15.5. The van der Waals surface area contributed by atoms with Crippen LogP contribution in [0.4, 0.5) is 5.82 Å². The van der Waals surface area contributed by atoms with Crippen LogP contribution in [-0.4, -0.2) is 34.2 Å². The van der Waals surface area contributed by atoms with E-state index in [-0.39, 0.29) is 0 Å². The topological polar surface area (TPSA) is 78.3 Å². The molecule has 126 valence electrons. The highest BCUT2D eigenvalue weighted by Crippen LogP contribution is 2.29. The van der Waals surface area contributed by atoms with E-state index < -0.39 is 5.91 Å². The van der Waals surface area contributed by atoms with Gasteiger partial charge in [0.1, 0.15) is 5.82 Å². The molecule has 1 aromatic heterocycles. The maximum atomic E-state index is 11.5. The lowest BCUT2D eigenvalue weighted by Crippen LogP contribution is -2.20. The van der Waals surface area contributed by atoms with Gasteiger partial charge in [-0.05, 0) is 37.1 Å². The SMILES string of the molecule is O=C(NO)c1ccc(-c2nc(N3CCCC3)c3ccccc3n2)cc1. The largest absolute Gasteiger partial charge is 0.356 e. The number of hydrogen-bond donors (Lipinski definition) is 2. The maximum absolute atomic E-state index is 11.5. The highest BCUT2D eigenvalue weighted by molar-refractivity contribution is 5.94. The summed E-state index contributed by atoms with van der Waals surface area (Å²) >= 11 is 0. The average Bonchev–Trinajstić information content (AvgIpc) is 3.21. The van der Waals surface area contributed by atoms with Crippen LogP contribution in [0, 0.1) is 0 Å². The fraction of sp³-hybridized carbons (Fsp3) is 0.211. The summed E-state index contributed by atoms with van der Waals surface area (Å²) in [6.45, 7) is 2.02. The number of nitrogens with one attached hydrogen (secondary N) is 1. The second-order valence-electron chi connectivity index (χ2n) is 6.10. The number of amides is 1. The summed E-state index contributed by atoms with van der Waals surface area (Å²) in [6.07, 6.45) is 2.36. The third-order valence-corrected chi connectivity index (χ3v) is 4.50. The third kappa shape index (κ3) is 2.92. The second kappa shape index (κ2) is 6.49. The number of rotatable bonds is 3. The molecule has 0 unspecified atom stereocenters. The standard InChI is InChI=1S/C19H18N4O2/c24-19(22-25)14-9-7-13(8-10-14)17-20-16-6-2-1-5-15(16)18(21-17)23-11-3-4-12-23/h1-2,5-10,25H,3-4,11-12H2,(H,22,24). The molecule has 1 aliphatic rings. The van der Waals surface area contributed by atoms with E-state index in [9.17, 15) is 4.79 Å². The fourth-order valence-electron chi connectivity index (χ4n) is 3.19. The molecule has 2 heterocycles. The van der Waals surface area contributed by atoms with Crippen molar-refractivity contribution in [2.75, 3.05) is 18.0 Å². The predicted octanol–water partition coefficient (Wildman–Crippen LogP) is 3.02. The van der Waals surface area contributed by atoms with Gasteiger partial charge in [0.25, 0.3) is 5.91 Å². The Bertz CT molecular complexity index is 918. The summed E-state index contributed by atoms with van der Waals surface area (Å²) in [4.78, 5) is 23.3. The lowest BCUT2D eigenvalue weighted by atomic mass is 10.1. The van der Waals surface area contributed by atoms with Crippen molar-refractivity contribution in [3.8, 4) is 11.4 Å². The van der Waals surface area contributed by atoms with Gasteiger partial charge in [-0.15, -0.1) is 0 Å². The van der Waals surface area contributed by atoms with Gasteiger partial charge in [-0.3, -0.25) is 10.0 Å². The summed E-state index contributed by atoms with van der Waals surface area (Å²) in [5.74, 6) is 1.07. The van der Waals surface area contributed by atoms with Crippen molar-refractivity contribution in [1.82, 2.24) is 15.4 Å². The number of aromatic nitrogens is 2. The molecule has 1 aliphatic heterocycles. The van der Waals surface area contributed by atoms with Gasteiger partial charge in [0, 0.05) is 29.6 Å². The molecule has 2 aromatic carbocycles. The van der Waals surface area contributed by atoms with Crippen molar-refractivity contribution in [3.63, 3.8) is 0 Å². The molecule has 3 aromatic rings. The Balaban J connectivity index is 1.80. The molecule has 6 heteroatoms. The van der Waals surface area contributed by atoms with Crippen LogP contribution in [0.1, 0.15) is 23.2 Å². The first-order valence-corrected chi connectivity index (χ1v) is 8.33. The Hall–Kier alpha value is -2.99. The fourth-order valence-corrected chi connectivity index (χ4v) is 3.19. The summed E-state index contributed by atoms with van der Waals surface area (Å²) < 4.78 is 0.